The summed E-state index contributed by atoms with van der Waals surface area (Å²) < 4.78 is 26.4. The van der Waals surface area contributed by atoms with E-state index in [0.29, 0.717) is 13.1 Å². The fourth-order valence-electron chi connectivity index (χ4n) is 2.17. The van der Waals surface area contributed by atoms with Crippen molar-refractivity contribution in [2.24, 2.45) is 0 Å². The minimum atomic E-state index is -3.06. The Labute approximate surface area is 99.5 Å². The van der Waals surface area contributed by atoms with E-state index in [0.717, 1.165) is 38.8 Å². The van der Waals surface area contributed by atoms with Crippen LogP contribution >= 0.6 is 0 Å². The molecule has 0 amide bonds. The van der Waals surface area contributed by atoms with Gasteiger partial charge in [-0.3, -0.25) is 0 Å². The summed E-state index contributed by atoms with van der Waals surface area (Å²) in [7, 11) is -3.06. The lowest BCUT2D eigenvalue weighted by Crippen LogP contribution is -2.44. The molecule has 1 saturated heterocycles. The summed E-state index contributed by atoms with van der Waals surface area (Å²) in [5.74, 6) is 0. The van der Waals surface area contributed by atoms with E-state index in [1.54, 1.807) is 4.31 Å². The molecule has 0 aromatic heterocycles. The Bertz CT molecular complexity index is 278. The van der Waals surface area contributed by atoms with E-state index in [-0.39, 0.29) is 5.25 Å². The predicted molar refractivity (Wildman–Crippen MR) is 67.0 cm³/mol. The first kappa shape index (κ1) is 13.9. The molecule has 0 radical (unpaired) electrons. The van der Waals surface area contributed by atoms with Crippen LogP contribution in [0.25, 0.3) is 0 Å². The highest BCUT2D eigenvalue weighted by molar-refractivity contribution is 7.89. The van der Waals surface area contributed by atoms with Crippen LogP contribution in [0, 0.1) is 0 Å². The number of hydrogen-bond acceptors (Lipinski definition) is 3. The van der Waals surface area contributed by atoms with Crippen LogP contribution < -0.4 is 5.32 Å². The first-order chi connectivity index (χ1) is 7.62. The summed E-state index contributed by atoms with van der Waals surface area (Å²) in [6, 6.07) is 0. The maximum Gasteiger partial charge on any atom is 0.217 e. The molecule has 5 heteroatoms. The van der Waals surface area contributed by atoms with Gasteiger partial charge in [0.05, 0.1) is 5.25 Å². The number of hydrogen-bond donors (Lipinski definition) is 1. The molecule has 1 rings (SSSR count). The second-order valence-electron chi connectivity index (χ2n) is 4.39. The van der Waals surface area contributed by atoms with Gasteiger partial charge in [-0.05, 0) is 38.8 Å². The lowest BCUT2D eigenvalue weighted by Gasteiger charge is -2.29. The van der Waals surface area contributed by atoms with Crippen LogP contribution in [0.5, 0.6) is 0 Å². The van der Waals surface area contributed by atoms with Crippen LogP contribution in [0.3, 0.4) is 0 Å². The molecule has 96 valence electrons. The highest BCUT2D eigenvalue weighted by Gasteiger charge is 2.31. The van der Waals surface area contributed by atoms with E-state index in [1.807, 2.05) is 13.8 Å². The monoisotopic (exact) mass is 248 g/mol. The van der Waals surface area contributed by atoms with Crippen molar-refractivity contribution in [3.63, 3.8) is 0 Å². The molecule has 0 spiro atoms. The van der Waals surface area contributed by atoms with Crippen LogP contribution in [0.15, 0.2) is 0 Å². The summed E-state index contributed by atoms with van der Waals surface area (Å²) in [6.07, 6.45) is 3.30. The summed E-state index contributed by atoms with van der Waals surface area (Å²) in [4.78, 5) is 0. The van der Waals surface area contributed by atoms with Crippen molar-refractivity contribution >= 4 is 10.0 Å². The Morgan fingerprint density at radius 3 is 2.06 bits per heavy atom. The first-order valence-corrected chi connectivity index (χ1v) is 7.83. The summed E-state index contributed by atoms with van der Waals surface area (Å²) >= 11 is 0. The molecule has 4 nitrogen and oxygen atoms in total. The molecule has 0 aliphatic carbocycles. The molecule has 0 aromatic rings. The molecule has 1 aliphatic rings. The average Bonchev–Trinajstić information content (AvgIpc) is 2.30. The second-order valence-corrected chi connectivity index (χ2v) is 6.61. The number of sulfonamides is 1. The van der Waals surface area contributed by atoms with Crippen LogP contribution in [0.1, 0.15) is 39.5 Å². The lowest BCUT2D eigenvalue weighted by atomic mass is 10.2. The molecular weight excluding hydrogens is 224 g/mol. The molecule has 0 aromatic carbocycles. The van der Waals surface area contributed by atoms with E-state index in [2.05, 4.69) is 5.32 Å². The molecule has 0 unspecified atom stereocenters. The quantitative estimate of drug-likeness (QED) is 0.768. The van der Waals surface area contributed by atoms with E-state index in [9.17, 15) is 8.42 Å². The van der Waals surface area contributed by atoms with Gasteiger partial charge in [0.25, 0.3) is 0 Å². The van der Waals surface area contributed by atoms with Crippen molar-refractivity contribution in [2.75, 3.05) is 26.2 Å². The Morgan fingerprint density at radius 2 is 1.62 bits per heavy atom. The fraction of sp³-hybridized carbons (Fsp3) is 1.00. The van der Waals surface area contributed by atoms with Crippen molar-refractivity contribution in [2.45, 2.75) is 44.8 Å². The molecule has 0 atom stereocenters. The Hall–Kier alpha value is -0.130. The molecule has 0 bridgehead atoms. The van der Waals surface area contributed by atoms with Gasteiger partial charge in [0.15, 0.2) is 0 Å². The zero-order chi connectivity index (χ0) is 12.0. The number of rotatable bonds is 6. The van der Waals surface area contributed by atoms with Crippen molar-refractivity contribution in [1.29, 1.82) is 0 Å². The molecule has 16 heavy (non-hydrogen) atoms. The van der Waals surface area contributed by atoms with Gasteiger partial charge in [-0.1, -0.05) is 13.8 Å². The minimum absolute atomic E-state index is 0.160. The van der Waals surface area contributed by atoms with Gasteiger partial charge in [0.2, 0.25) is 10.0 Å². The normalized spacial score (nSPS) is 19.2. The van der Waals surface area contributed by atoms with Crippen LogP contribution in [0.2, 0.25) is 0 Å². The lowest BCUT2D eigenvalue weighted by molar-refractivity contribution is 0.389. The minimum Gasteiger partial charge on any atom is -0.317 e. The largest absolute Gasteiger partial charge is 0.317 e. The summed E-state index contributed by atoms with van der Waals surface area (Å²) in [5.41, 5.74) is 0. The highest BCUT2D eigenvalue weighted by Crippen LogP contribution is 2.18. The van der Waals surface area contributed by atoms with Gasteiger partial charge >= 0.3 is 0 Å². The van der Waals surface area contributed by atoms with Crippen LogP contribution in [-0.4, -0.2) is 44.2 Å². The third kappa shape index (κ3) is 3.43. The van der Waals surface area contributed by atoms with Gasteiger partial charge in [0, 0.05) is 13.1 Å². The number of nitrogens with one attached hydrogen (secondary N) is 1. The van der Waals surface area contributed by atoms with Gasteiger partial charge in [0.1, 0.15) is 0 Å². The third-order valence-corrected chi connectivity index (χ3v) is 5.41. The first-order valence-electron chi connectivity index (χ1n) is 6.32. The van der Waals surface area contributed by atoms with E-state index < -0.39 is 10.0 Å². The third-order valence-electron chi connectivity index (χ3n) is 3.01. The van der Waals surface area contributed by atoms with E-state index in [4.69, 9.17) is 0 Å². The molecule has 1 N–H and O–H groups in total. The van der Waals surface area contributed by atoms with Gasteiger partial charge in [-0.15, -0.1) is 0 Å². The van der Waals surface area contributed by atoms with Crippen molar-refractivity contribution in [3.05, 3.63) is 0 Å². The Balaban J connectivity index is 2.70. The summed E-state index contributed by atoms with van der Waals surface area (Å²) in [5, 5.41) is 3.05. The molecule has 1 fully saturated rings. The van der Waals surface area contributed by atoms with Crippen molar-refractivity contribution < 1.29 is 8.42 Å². The molecular formula is C11H24N2O2S. The molecule has 0 saturated carbocycles. The van der Waals surface area contributed by atoms with E-state index >= 15 is 0 Å². The molecule has 1 heterocycles. The topological polar surface area (TPSA) is 49.4 Å². The molecule has 1 aliphatic heterocycles. The van der Waals surface area contributed by atoms with E-state index in [1.165, 1.54) is 0 Å². The number of nitrogens with zero attached hydrogens (tertiary/aromatic N) is 1. The maximum atomic E-state index is 12.4. The summed E-state index contributed by atoms with van der Waals surface area (Å²) in [6.45, 7) is 7.05. The smallest absolute Gasteiger partial charge is 0.217 e. The average molecular weight is 248 g/mol. The number of piperidine rings is 1. The zero-order valence-electron chi connectivity index (χ0n) is 10.4. The van der Waals surface area contributed by atoms with Crippen LogP contribution in [-0.2, 0) is 10.0 Å². The van der Waals surface area contributed by atoms with Crippen LogP contribution in [0.4, 0.5) is 0 Å². The van der Waals surface area contributed by atoms with Gasteiger partial charge < -0.3 is 5.32 Å². The van der Waals surface area contributed by atoms with Crippen molar-refractivity contribution in [3.8, 4) is 0 Å². The fourth-order valence-corrected chi connectivity index (χ4v) is 4.30. The SMILES string of the molecule is CCCN(CCC)S(=O)(=O)C1CCNCC1. The maximum absolute atomic E-state index is 12.4. The second kappa shape index (κ2) is 6.57. The Kier molecular flexibility index (Phi) is 5.72. The van der Waals surface area contributed by atoms with Gasteiger partial charge in [-0.25, -0.2) is 12.7 Å². The Morgan fingerprint density at radius 1 is 1.12 bits per heavy atom. The van der Waals surface area contributed by atoms with Crippen molar-refractivity contribution in [1.82, 2.24) is 9.62 Å². The van der Waals surface area contributed by atoms with Gasteiger partial charge in [-0.2, -0.15) is 0 Å². The predicted octanol–water partition coefficient (Wildman–Crippen LogP) is 1.19. The zero-order valence-corrected chi connectivity index (χ0v) is 11.2. The standard InChI is InChI=1S/C11H24N2O2S/c1-3-9-13(10-4-2)16(14,15)11-5-7-12-8-6-11/h11-12H,3-10H2,1-2H3. The highest BCUT2D eigenvalue weighted by atomic mass is 32.2.